The number of rotatable bonds is 2. The molecule has 136 valence electrons. The van der Waals surface area contributed by atoms with Crippen molar-refractivity contribution in [2.24, 2.45) is 7.05 Å². The van der Waals surface area contributed by atoms with Crippen molar-refractivity contribution in [1.82, 2.24) is 9.78 Å². The van der Waals surface area contributed by atoms with Gasteiger partial charge in [-0.1, -0.05) is 0 Å². The van der Waals surface area contributed by atoms with Crippen molar-refractivity contribution in [3.8, 4) is 0 Å². The summed E-state index contributed by atoms with van der Waals surface area (Å²) in [5.41, 5.74) is 0.434. The van der Waals surface area contributed by atoms with E-state index in [9.17, 15) is 22.4 Å². The lowest BCUT2D eigenvalue weighted by Crippen LogP contribution is -2.20. The number of amides is 2. The van der Waals surface area contributed by atoms with Crippen LogP contribution >= 0.6 is 0 Å². The average Bonchev–Trinajstić information content (AvgIpc) is 2.82. The number of anilines is 2. The first-order valence-electron chi connectivity index (χ1n) is 7.53. The van der Waals surface area contributed by atoms with Gasteiger partial charge in [-0.3, -0.25) is 4.68 Å². The molecule has 3 aromatic rings. The highest BCUT2D eigenvalue weighted by atomic mass is 19.4. The highest BCUT2D eigenvalue weighted by Gasteiger charge is 2.34. The van der Waals surface area contributed by atoms with E-state index in [0.29, 0.717) is 23.3 Å². The number of aromatic nitrogens is 2. The molecule has 0 aliphatic rings. The third kappa shape index (κ3) is 3.46. The molecule has 1 heterocycles. The molecule has 0 unspecified atom stereocenters. The van der Waals surface area contributed by atoms with Gasteiger partial charge >= 0.3 is 12.2 Å². The Balaban J connectivity index is 1.77. The van der Waals surface area contributed by atoms with Crippen LogP contribution in [0.5, 0.6) is 0 Å². The van der Waals surface area contributed by atoms with E-state index in [0.717, 1.165) is 17.1 Å². The van der Waals surface area contributed by atoms with E-state index in [-0.39, 0.29) is 5.69 Å². The summed E-state index contributed by atoms with van der Waals surface area (Å²) in [4.78, 5) is 12.0. The Bertz CT molecular complexity index is 994. The van der Waals surface area contributed by atoms with Crippen LogP contribution in [0, 0.1) is 12.7 Å². The van der Waals surface area contributed by atoms with Crippen molar-refractivity contribution in [2.75, 3.05) is 10.6 Å². The molecule has 0 spiro atoms. The highest BCUT2D eigenvalue weighted by Crippen LogP contribution is 2.33. The molecule has 5 nitrogen and oxygen atoms in total. The van der Waals surface area contributed by atoms with Gasteiger partial charge in [-0.05, 0) is 43.3 Å². The Hall–Kier alpha value is -3.10. The molecule has 0 saturated carbocycles. The van der Waals surface area contributed by atoms with Gasteiger partial charge in [0.15, 0.2) is 0 Å². The molecule has 0 bridgehead atoms. The number of urea groups is 1. The SMILES string of the molecule is Cc1c2ccc(NC(=O)Nc3ccc(F)c(C(F)(F)F)c3)cc2nn1C. The van der Waals surface area contributed by atoms with Gasteiger partial charge in [0.2, 0.25) is 0 Å². The molecule has 0 atom stereocenters. The van der Waals surface area contributed by atoms with Crippen LogP contribution in [0.4, 0.5) is 33.7 Å². The molecule has 0 fully saturated rings. The van der Waals surface area contributed by atoms with Gasteiger partial charge in [0.1, 0.15) is 5.82 Å². The predicted octanol–water partition coefficient (Wildman–Crippen LogP) is 4.68. The lowest BCUT2D eigenvalue weighted by molar-refractivity contribution is -0.139. The quantitative estimate of drug-likeness (QED) is 0.647. The van der Waals surface area contributed by atoms with E-state index >= 15 is 0 Å². The number of nitrogens with zero attached hydrogens (tertiary/aromatic N) is 2. The maximum atomic E-state index is 13.3. The monoisotopic (exact) mass is 366 g/mol. The lowest BCUT2D eigenvalue weighted by Gasteiger charge is -2.11. The van der Waals surface area contributed by atoms with E-state index in [1.807, 2.05) is 6.92 Å². The van der Waals surface area contributed by atoms with E-state index in [4.69, 9.17) is 0 Å². The van der Waals surface area contributed by atoms with E-state index in [1.54, 1.807) is 29.9 Å². The predicted molar refractivity (Wildman–Crippen MR) is 89.5 cm³/mol. The number of hydrogen-bond donors (Lipinski definition) is 2. The second kappa shape index (κ2) is 6.32. The summed E-state index contributed by atoms with van der Waals surface area (Å²) in [6.07, 6.45) is -4.85. The zero-order valence-corrected chi connectivity index (χ0v) is 13.8. The van der Waals surface area contributed by atoms with Crippen LogP contribution < -0.4 is 10.6 Å². The first-order chi connectivity index (χ1) is 12.1. The molecule has 0 saturated heterocycles. The average molecular weight is 366 g/mol. The fourth-order valence-corrected chi connectivity index (χ4v) is 2.52. The topological polar surface area (TPSA) is 59.0 Å². The summed E-state index contributed by atoms with van der Waals surface area (Å²) in [5, 5.41) is 9.98. The van der Waals surface area contributed by atoms with Gasteiger partial charge in [0.05, 0.1) is 11.1 Å². The number of halogens is 4. The minimum absolute atomic E-state index is 0.175. The Kier molecular flexibility index (Phi) is 4.31. The molecule has 2 N–H and O–H groups in total. The number of benzene rings is 2. The molecule has 3 rings (SSSR count). The summed E-state index contributed by atoms with van der Waals surface area (Å²) in [6.45, 7) is 1.90. The molecule has 26 heavy (non-hydrogen) atoms. The van der Waals surface area contributed by atoms with Gasteiger partial charge in [-0.15, -0.1) is 0 Å². The van der Waals surface area contributed by atoms with Crippen molar-refractivity contribution in [3.63, 3.8) is 0 Å². The first-order valence-corrected chi connectivity index (χ1v) is 7.53. The van der Waals surface area contributed by atoms with Crippen molar-refractivity contribution in [3.05, 3.63) is 53.5 Å². The first kappa shape index (κ1) is 17.7. The summed E-state index contributed by atoms with van der Waals surface area (Å²) < 4.78 is 53.1. The minimum Gasteiger partial charge on any atom is -0.308 e. The summed E-state index contributed by atoms with van der Waals surface area (Å²) >= 11 is 0. The Morgan fingerprint density at radius 3 is 2.35 bits per heavy atom. The molecule has 2 aromatic carbocycles. The Morgan fingerprint density at radius 2 is 1.69 bits per heavy atom. The Morgan fingerprint density at radius 1 is 1.08 bits per heavy atom. The number of carbonyl (C=O) groups is 1. The van der Waals surface area contributed by atoms with Gasteiger partial charge < -0.3 is 10.6 Å². The van der Waals surface area contributed by atoms with Gasteiger partial charge in [-0.25, -0.2) is 9.18 Å². The van der Waals surface area contributed by atoms with Crippen LogP contribution in [0.2, 0.25) is 0 Å². The number of alkyl halides is 3. The molecule has 0 aliphatic heterocycles. The van der Waals surface area contributed by atoms with Crippen LogP contribution in [0.25, 0.3) is 10.9 Å². The normalized spacial score (nSPS) is 11.6. The van der Waals surface area contributed by atoms with Crippen molar-refractivity contribution >= 4 is 28.3 Å². The van der Waals surface area contributed by atoms with Crippen molar-refractivity contribution < 1.29 is 22.4 Å². The van der Waals surface area contributed by atoms with Crippen molar-refractivity contribution in [1.29, 1.82) is 0 Å². The number of hydrogen-bond acceptors (Lipinski definition) is 2. The molecule has 0 aliphatic carbocycles. The molecule has 1 aromatic heterocycles. The fourth-order valence-electron chi connectivity index (χ4n) is 2.52. The molecular formula is C17H14F4N4O. The number of fused-ring (bicyclic) bond motifs is 1. The zero-order chi connectivity index (χ0) is 19.1. The number of carbonyl (C=O) groups excluding carboxylic acids is 1. The highest BCUT2D eigenvalue weighted by molar-refractivity contribution is 6.01. The molecular weight excluding hydrogens is 352 g/mol. The summed E-state index contributed by atoms with van der Waals surface area (Å²) in [6, 6.07) is 6.58. The van der Waals surface area contributed by atoms with E-state index < -0.39 is 23.6 Å². The Labute approximate surface area is 145 Å². The molecule has 2 amide bonds. The maximum Gasteiger partial charge on any atom is 0.419 e. The minimum atomic E-state index is -4.85. The molecule has 9 heteroatoms. The van der Waals surface area contributed by atoms with Crippen LogP contribution in [0.15, 0.2) is 36.4 Å². The van der Waals surface area contributed by atoms with E-state index in [1.165, 1.54) is 0 Å². The second-order valence-electron chi connectivity index (χ2n) is 5.71. The number of aryl methyl sites for hydroxylation is 2. The second-order valence-corrected chi connectivity index (χ2v) is 5.71. The van der Waals surface area contributed by atoms with Gasteiger partial charge in [0, 0.05) is 29.5 Å². The zero-order valence-electron chi connectivity index (χ0n) is 13.8. The van der Waals surface area contributed by atoms with Gasteiger partial charge in [0.25, 0.3) is 0 Å². The van der Waals surface area contributed by atoms with Crippen LogP contribution in [0.3, 0.4) is 0 Å². The van der Waals surface area contributed by atoms with Crippen LogP contribution in [0.1, 0.15) is 11.3 Å². The summed E-state index contributed by atoms with van der Waals surface area (Å²) in [7, 11) is 1.79. The fraction of sp³-hybridized carbons (Fsp3) is 0.176. The van der Waals surface area contributed by atoms with Crippen LogP contribution in [-0.2, 0) is 13.2 Å². The number of nitrogens with one attached hydrogen (secondary N) is 2. The summed E-state index contributed by atoms with van der Waals surface area (Å²) in [5.74, 6) is -1.40. The third-order valence-corrected chi connectivity index (χ3v) is 3.92. The van der Waals surface area contributed by atoms with Crippen molar-refractivity contribution in [2.45, 2.75) is 13.1 Å². The largest absolute Gasteiger partial charge is 0.419 e. The van der Waals surface area contributed by atoms with Gasteiger partial charge in [-0.2, -0.15) is 18.3 Å². The smallest absolute Gasteiger partial charge is 0.308 e. The third-order valence-electron chi connectivity index (χ3n) is 3.92. The maximum absolute atomic E-state index is 13.3. The molecule has 0 radical (unpaired) electrons. The lowest BCUT2D eigenvalue weighted by atomic mass is 10.2. The van der Waals surface area contributed by atoms with Crippen LogP contribution in [-0.4, -0.2) is 15.8 Å². The van der Waals surface area contributed by atoms with E-state index in [2.05, 4.69) is 15.7 Å². The standard InChI is InChI=1S/C17H14F4N4O/c1-9-12-5-3-11(8-15(12)24-25(9)2)23-16(26)22-10-4-6-14(18)13(7-10)17(19,20)21/h3-8H,1-2H3,(H2,22,23,26).